The summed E-state index contributed by atoms with van der Waals surface area (Å²) in [5.74, 6) is 3.28. The van der Waals surface area contributed by atoms with Crippen LogP contribution < -0.4 is 0 Å². The Kier molecular flexibility index (Phi) is 5.03. The summed E-state index contributed by atoms with van der Waals surface area (Å²) in [4.78, 5) is 12.9. The Labute approximate surface area is 197 Å². The molecule has 1 saturated heterocycles. The summed E-state index contributed by atoms with van der Waals surface area (Å²) in [6.45, 7) is 21.2. The van der Waals surface area contributed by atoms with Gasteiger partial charge in [-0.25, -0.2) is 0 Å². The predicted molar refractivity (Wildman–Crippen MR) is 131 cm³/mol. The van der Waals surface area contributed by atoms with Crippen LogP contribution in [0.5, 0.6) is 0 Å². The van der Waals surface area contributed by atoms with Crippen molar-refractivity contribution in [2.45, 2.75) is 124 Å². The van der Waals surface area contributed by atoms with Crippen molar-refractivity contribution in [1.29, 1.82) is 0 Å². The Balaban J connectivity index is 1.46. The summed E-state index contributed by atoms with van der Waals surface area (Å²) in [6, 6.07) is 0. The molecule has 0 N–H and O–H groups in total. The van der Waals surface area contributed by atoms with Crippen molar-refractivity contribution in [2.24, 2.45) is 45.3 Å². The van der Waals surface area contributed by atoms with Crippen LogP contribution in [-0.2, 0) is 9.53 Å². The van der Waals surface area contributed by atoms with Crippen molar-refractivity contribution >= 4 is 5.78 Å². The zero-order valence-corrected chi connectivity index (χ0v) is 22.0. The number of hydrogen-bond donors (Lipinski definition) is 0. The largest absolute Gasteiger partial charge is 0.367 e. The van der Waals surface area contributed by atoms with Gasteiger partial charge in [0.15, 0.2) is 0 Å². The lowest BCUT2D eigenvalue weighted by molar-refractivity contribution is -0.207. The van der Waals surface area contributed by atoms with Gasteiger partial charge in [0.1, 0.15) is 5.78 Å². The van der Waals surface area contributed by atoms with Gasteiger partial charge in [0.25, 0.3) is 0 Å². The summed E-state index contributed by atoms with van der Waals surface area (Å²) < 4.78 is 6.77. The molecule has 5 fully saturated rings. The summed E-state index contributed by atoms with van der Waals surface area (Å²) in [6.07, 6.45) is 12.4. The van der Waals surface area contributed by atoms with E-state index in [0.717, 1.165) is 31.1 Å². The van der Waals surface area contributed by atoms with E-state index in [2.05, 4.69) is 55.0 Å². The minimum atomic E-state index is -0.146. The van der Waals surface area contributed by atoms with E-state index in [0.29, 0.717) is 33.9 Å². The molecule has 0 amide bonds. The molecule has 2 heteroatoms. The Morgan fingerprint density at radius 3 is 2.16 bits per heavy atom. The molecule has 0 aromatic carbocycles. The number of ketones is 1. The van der Waals surface area contributed by atoms with Gasteiger partial charge in [-0.1, -0.05) is 46.8 Å². The van der Waals surface area contributed by atoms with E-state index in [4.69, 9.17) is 4.74 Å². The van der Waals surface area contributed by atoms with Crippen LogP contribution in [0, 0.1) is 45.3 Å². The Morgan fingerprint density at radius 1 is 0.812 bits per heavy atom. The van der Waals surface area contributed by atoms with E-state index in [-0.39, 0.29) is 17.1 Å². The Bertz CT molecular complexity index is 827. The molecule has 0 aromatic rings. The number of carbonyl (C=O) groups excluding carboxylic acids is 1. The fourth-order valence-corrected chi connectivity index (χ4v) is 10.8. The molecular weight excluding hydrogens is 392 g/mol. The highest BCUT2D eigenvalue weighted by Gasteiger charge is 2.69. The number of fused-ring (bicyclic) bond motifs is 5. The molecule has 0 spiro atoms. The van der Waals surface area contributed by atoms with Gasteiger partial charge in [0.05, 0.1) is 11.7 Å². The molecule has 0 radical (unpaired) electrons. The van der Waals surface area contributed by atoms with Crippen LogP contribution in [-0.4, -0.2) is 17.5 Å². The summed E-state index contributed by atoms with van der Waals surface area (Å²) in [5, 5.41) is 0. The Hall–Kier alpha value is -0.630. The maximum atomic E-state index is 12.9. The maximum absolute atomic E-state index is 12.9. The highest BCUT2D eigenvalue weighted by Crippen LogP contribution is 2.75. The van der Waals surface area contributed by atoms with E-state index < -0.39 is 0 Å². The van der Waals surface area contributed by atoms with Crippen LogP contribution in [0.25, 0.3) is 0 Å². The molecule has 32 heavy (non-hydrogen) atoms. The summed E-state index contributed by atoms with van der Waals surface area (Å²) >= 11 is 0. The molecule has 0 aromatic heterocycles. The first-order valence-electron chi connectivity index (χ1n) is 13.7. The number of rotatable bonds is 2. The smallest absolute Gasteiger partial charge is 0.138 e. The van der Waals surface area contributed by atoms with E-state index in [1.807, 2.05) is 0 Å². The predicted octanol–water partition coefficient (Wildman–Crippen LogP) is 7.75. The van der Waals surface area contributed by atoms with Crippen LogP contribution in [0.1, 0.15) is 113 Å². The molecule has 5 rings (SSSR count). The molecule has 1 heterocycles. The van der Waals surface area contributed by atoms with Crippen molar-refractivity contribution in [3.8, 4) is 0 Å². The van der Waals surface area contributed by atoms with Gasteiger partial charge in [0.2, 0.25) is 0 Å². The molecule has 0 bridgehead atoms. The molecule has 180 valence electrons. The van der Waals surface area contributed by atoms with Gasteiger partial charge in [0, 0.05) is 11.8 Å². The van der Waals surface area contributed by atoms with Crippen molar-refractivity contribution in [3.63, 3.8) is 0 Å². The first kappa shape index (κ1) is 23.1. The van der Waals surface area contributed by atoms with Gasteiger partial charge in [-0.2, -0.15) is 0 Å². The average molecular weight is 441 g/mol. The van der Waals surface area contributed by atoms with E-state index >= 15 is 0 Å². The lowest BCUT2D eigenvalue weighted by atomic mass is 9.35. The monoisotopic (exact) mass is 440 g/mol. The fraction of sp³-hybridized carbons (Fsp3) is 0.900. The fourth-order valence-electron chi connectivity index (χ4n) is 10.8. The van der Waals surface area contributed by atoms with Crippen molar-refractivity contribution < 1.29 is 9.53 Å². The van der Waals surface area contributed by atoms with Gasteiger partial charge in [-0.05, 0) is 112 Å². The molecule has 2 nitrogen and oxygen atoms in total. The lowest BCUT2D eigenvalue weighted by Gasteiger charge is -2.69. The van der Waals surface area contributed by atoms with Gasteiger partial charge in [-0.3, -0.25) is 4.79 Å². The number of ether oxygens (including phenoxy) is 1. The molecule has 4 saturated carbocycles. The average Bonchev–Trinajstić information content (AvgIpc) is 3.28. The summed E-state index contributed by atoms with van der Waals surface area (Å²) in [7, 11) is 0. The van der Waals surface area contributed by atoms with Crippen LogP contribution in [0.2, 0.25) is 0 Å². The van der Waals surface area contributed by atoms with Crippen molar-refractivity contribution in [1.82, 2.24) is 0 Å². The van der Waals surface area contributed by atoms with Crippen molar-refractivity contribution in [2.75, 3.05) is 0 Å². The third-order valence-corrected chi connectivity index (χ3v) is 12.8. The first-order chi connectivity index (χ1) is 14.8. The quantitative estimate of drug-likeness (QED) is 0.410. The van der Waals surface area contributed by atoms with Gasteiger partial charge in [-0.15, -0.1) is 0 Å². The van der Waals surface area contributed by atoms with E-state index in [1.54, 1.807) is 0 Å². The molecule has 6 unspecified atom stereocenters. The maximum Gasteiger partial charge on any atom is 0.138 e. The molecule has 5 aliphatic rings. The molecule has 1 aliphatic heterocycles. The number of Topliss-reactive ketones (excluding diaryl/α,β-unsaturated/α-hetero) is 1. The second-order valence-corrected chi connectivity index (χ2v) is 14.3. The minimum Gasteiger partial charge on any atom is -0.367 e. The normalized spacial score (nSPS) is 54.6. The number of carbonyl (C=O) groups is 1. The Morgan fingerprint density at radius 2 is 1.50 bits per heavy atom. The summed E-state index contributed by atoms with van der Waals surface area (Å²) in [5.41, 5.74) is 2.17. The van der Waals surface area contributed by atoms with E-state index in [9.17, 15) is 4.79 Å². The van der Waals surface area contributed by atoms with E-state index in [1.165, 1.54) is 50.5 Å². The third kappa shape index (κ3) is 2.77. The third-order valence-electron chi connectivity index (χ3n) is 12.8. The second-order valence-electron chi connectivity index (χ2n) is 14.3. The topological polar surface area (TPSA) is 26.3 Å². The highest BCUT2D eigenvalue weighted by molar-refractivity contribution is 5.85. The highest BCUT2D eigenvalue weighted by atomic mass is 16.5. The number of hydrogen-bond acceptors (Lipinski definition) is 2. The molecule has 4 aliphatic carbocycles. The SMILES string of the molecule is C=C(C)[C@@H]1CCC(C)(C2CCC3(C)C2CCC2[C@@]4(C)CCC(=O)C(C)(C)C4CC[C@]23C)O1. The zero-order chi connectivity index (χ0) is 23.3. The molecule has 9 atom stereocenters. The van der Waals surface area contributed by atoms with Crippen molar-refractivity contribution in [3.05, 3.63) is 12.2 Å². The minimum absolute atomic E-state index is 0.0234. The zero-order valence-electron chi connectivity index (χ0n) is 22.0. The van der Waals surface area contributed by atoms with Crippen LogP contribution >= 0.6 is 0 Å². The standard InChI is InChI=1S/C30H48O2/c1-19(2)22-12-18-30(8,32-22)21-11-16-28(6)20(21)9-10-24-27(5)15-14-25(31)26(3,4)23(27)13-17-29(24,28)7/h20-24H,1,9-18H2,2-8H3/t20?,21?,22-,23?,24?,27-,28?,29+,30?/m0/s1. The van der Waals surface area contributed by atoms with Crippen LogP contribution in [0.3, 0.4) is 0 Å². The molecular formula is C30H48O2. The van der Waals surface area contributed by atoms with Gasteiger partial charge >= 0.3 is 0 Å². The lowest BCUT2D eigenvalue weighted by Crippen LogP contribution is -2.63. The first-order valence-corrected chi connectivity index (χ1v) is 13.7. The van der Waals surface area contributed by atoms with Crippen LogP contribution in [0.15, 0.2) is 12.2 Å². The van der Waals surface area contributed by atoms with Gasteiger partial charge < -0.3 is 4.74 Å². The van der Waals surface area contributed by atoms with Crippen LogP contribution in [0.4, 0.5) is 0 Å². The second kappa shape index (κ2) is 6.96.